The van der Waals surface area contributed by atoms with Crippen LogP contribution in [0.5, 0.6) is 0 Å². The van der Waals surface area contributed by atoms with Crippen LogP contribution in [0.4, 0.5) is 0 Å². The number of carboxylic acids is 1. The molecule has 0 bridgehead atoms. The molecular weight excluding hydrogens is 256 g/mol. The minimum absolute atomic E-state index is 0.475. The molecule has 15 heavy (non-hydrogen) atoms. The first-order chi connectivity index (χ1) is 7.16. The van der Waals surface area contributed by atoms with Crippen LogP contribution < -0.4 is 0 Å². The minimum atomic E-state index is -0.792. The van der Waals surface area contributed by atoms with E-state index >= 15 is 0 Å². The van der Waals surface area contributed by atoms with Gasteiger partial charge in [-0.2, -0.15) is 0 Å². The van der Waals surface area contributed by atoms with Crippen LogP contribution in [0.3, 0.4) is 0 Å². The van der Waals surface area contributed by atoms with Crippen LogP contribution in [0, 0.1) is 0 Å². The number of hydrogen-bond donors (Lipinski definition) is 1. The summed E-state index contributed by atoms with van der Waals surface area (Å²) in [5, 5.41) is 9.12. The van der Waals surface area contributed by atoms with Gasteiger partial charge >= 0.3 is 5.97 Å². The van der Waals surface area contributed by atoms with Gasteiger partial charge in [0.05, 0.1) is 5.92 Å². The van der Waals surface area contributed by atoms with Crippen LogP contribution in [0.2, 0.25) is 0 Å². The zero-order valence-corrected chi connectivity index (χ0v) is 10.1. The van der Waals surface area contributed by atoms with Crippen molar-refractivity contribution in [2.24, 2.45) is 0 Å². The van der Waals surface area contributed by atoms with Crippen molar-refractivity contribution in [3.8, 4) is 0 Å². The molecule has 1 atom stereocenters. The fraction of sp³-hybridized carbons (Fsp3) is 0.250. The van der Waals surface area contributed by atoms with E-state index in [0.29, 0.717) is 6.42 Å². The van der Waals surface area contributed by atoms with Gasteiger partial charge in [0.1, 0.15) is 0 Å². The first-order valence-corrected chi connectivity index (χ1v) is 5.54. The van der Waals surface area contributed by atoms with Gasteiger partial charge in [0, 0.05) is 4.47 Å². The summed E-state index contributed by atoms with van der Waals surface area (Å²) in [5.41, 5.74) is 0.822. The average molecular weight is 269 g/mol. The fourth-order valence-electron chi connectivity index (χ4n) is 1.39. The molecule has 0 amide bonds. The molecule has 0 radical (unpaired) electrons. The van der Waals surface area contributed by atoms with E-state index in [1.54, 1.807) is 0 Å². The Kier molecular flexibility index (Phi) is 4.56. The molecule has 0 aliphatic rings. The van der Waals surface area contributed by atoms with Crippen molar-refractivity contribution in [2.75, 3.05) is 0 Å². The van der Waals surface area contributed by atoms with Gasteiger partial charge in [-0.1, -0.05) is 46.3 Å². The molecule has 2 nitrogen and oxygen atoms in total. The lowest BCUT2D eigenvalue weighted by atomic mass is 9.96. The molecule has 0 heterocycles. The zero-order chi connectivity index (χ0) is 11.3. The van der Waals surface area contributed by atoms with Crippen LogP contribution in [0.15, 0.2) is 40.9 Å². The summed E-state index contributed by atoms with van der Waals surface area (Å²) in [6, 6.07) is 7.43. The summed E-state index contributed by atoms with van der Waals surface area (Å²) in [7, 11) is 0. The number of carbonyl (C=O) groups is 1. The number of allylic oxidation sites excluding steroid dienone is 2. The molecule has 1 N–H and O–H groups in total. The van der Waals surface area contributed by atoms with Crippen molar-refractivity contribution in [1.82, 2.24) is 0 Å². The van der Waals surface area contributed by atoms with Gasteiger partial charge in [-0.05, 0) is 25.0 Å². The van der Waals surface area contributed by atoms with E-state index in [4.69, 9.17) is 5.11 Å². The van der Waals surface area contributed by atoms with Crippen molar-refractivity contribution in [2.45, 2.75) is 19.3 Å². The van der Waals surface area contributed by atoms with Crippen LogP contribution in [0.1, 0.15) is 24.8 Å². The van der Waals surface area contributed by atoms with Gasteiger partial charge in [0.15, 0.2) is 0 Å². The maximum absolute atomic E-state index is 11.1. The van der Waals surface area contributed by atoms with Crippen molar-refractivity contribution >= 4 is 21.9 Å². The predicted octanol–water partition coefficient (Wildman–Crippen LogP) is 3.58. The summed E-state index contributed by atoms with van der Waals surface area (Å²) < 4.78 is 0.849. The van der Waals surface area contributed by atoms with E-state index in [1.165, 1.54) is 0 Å². The van der Waals surface area contributed by atoms with E-state index in [9.17, 15) is 4.79 Å². The predicted molar refractivity (Wildman–Crippen MR) is 63.9 cm³/mol. The molecule has 0 spiro atoms. The third kappa shape index (κ3) is 3.20. The van der Waals surface area contributed by atoms with Crippen molar-refractivity contribution < 1.29 is 9.90 Å². The molecule has 1 aromatic rings. The smallest absolute Gasteiger partial charge is 0.311 e. The number of hydrogen-bond acceptors (Lipinski definition) is 1. The molecule has 0 aliphatic heterocycles. The lowest BCUT2D eigenvalue weighted by Gasteiger charge is -2.12. The third-order valence-corrected chi connectivity index (χ3v) is 2.91. The Bertz CT molecular complexity index is 372. The molecular formula is C12H13BrO2. The normalized spacial score (nSPS) is 12.9. The standard InChI is InChI=1S/C12H13BrO2/c1-2-3-6-10(12(14)15)9-7-4-5-8-11(9)13/h2-5,7-8,10H,6H2,1H3,(H,14,15). The Morgan fingerprint density at radius 2 is 2.20 bits per heavy atom. The zero-order valence-electron chi connectivity index (χ0n) is 8.48. The minimum Gasteiger partial charge on any atom is -0.481 e. The van der Waals surface area contributed by atoms with E-state index in [2.05, 4.69) is 15.9 Å². The second-order valence-corrected chi connectivity index (χ2v) is 4.07. The summed E-state index contributed by atoms with van der Waals surface area (Å²) in [5.74, 6) is -1.27. The number of rotatable bonds is 4. The highest BCUT2D eigenvalue weighted by Crippen LogP contribution is 2.27. The molecule has 80 valence electrons. The maximum Gasteiger partial charge on any atom is 0.311 e. The highest BCUT2D eigenvalue weighted by Gasteiger charge is 2.20. The molecule has 0 saturated carbocycles. The first-order valence-electron chi connectivity index (χ1n) is 4.75. The SMILES string of the molecule is CC=CCC(C(=O)O)c1ccccc1Br. The third-order valence-electron chi connectivity index (χ3n) is 2.19. The molecule has 0 aliphatic carbocycles. The van der Waals surface area contributed by atoms with Crippen LogP contribution in [-0.2, 0) is 4.79 Å². The molecule has 1 unspecified atom stereocenters. The average Bonchev–Trinajstić information content (AvgIpc) is 2.20. The van der Waals surface area contributed by atoms with Crippen molar-refractivity contribution in [3.63, 3.8) is 0 Å². The Labute approximate surface area is 97.8 Å². The van der Waals surface area contributed by atoms with E-state index < -0.39 is 11.9 Å². The molecule has 3 heteroatoms. The molecule has 0 aromatic heterocycles. The number of benzene rings is 1. The lowest BCUT2D eigenvalue weighted by Crippen LogP contribution is -2.11. The second-order valence-electron chi connectivity index (χ2n) is 3.22. The Morgan fingerprint density at radius 3 is 2.73 bits per heavy atom. The molecule has 1 rings (SSSR count). The molecule has 0 fully saturated rings. The summed E-state index contributed by atoms with van der Waals surface area (Å²) in [6.07, 6.45) is 4.26. The highest BCUT2D eigenvalue weighted by atomic mass is 79.9. The van der Waals surface area contributed by atoms with Gasteiger partial charge in [0.25, 0.3) is 0 Å². The van der Waals surface area contributed by atoms with Crippen molar-refractivity contribution in [3.05, 3.63) is 46.5 Å². The molecule has 1 aromatic carbocycles. The van der Waals surface area contributed by atoms with Crippen LogP contribution in [0.25, 0.3) is 0 Å². The fourth-order valence-corrected chi connectivity index (χ4v) is 1.95. The van der Waals surface area contributed by atoms with Crippen LogP contribution in [-0.4, -0.2) is 11.1 Å². The van der Waals surface area contributed by atoms with E-state index in [-0.39, 0.29) is 0 Å². The number of aliphatic carboxylic acids is 1. The van der Waals surface area contributed by atoms with E-state index in [1.807, 2.05) is 43.3 Å². The molecule has 0 saturated heterocycles. The Morgan fingerprint density at radius 1 is 1.53 bits per heavy atom. The summed E-state index contributed by atoms with van der Waals surface area (Å²) >= 11 is 3.37. The highest BCUT2D eigenvalue weighted by molar-refractivity contribution is 9.10. The monoisotopic (exact) mass is 268 g/mol. The maximum atomic E-state index is 11.1. The van der Waals surface area contributed by atoms with Crippen molar-refractivity contribution in [1.29, 1.82) is 0 Å². The van der Waals surface area contributed by atoms with Gasteiger partial charge in [-0.25, -0.2) is 0 Å². The second kappa shape index (κ2) is 5.71. The lowest BCUT2D eigenvalue weighted by molar-refractivity contribution is -0.138. The Hall–Kier alpha value is -1.09. The van der Waals surface area contributed by atoms with Gasteiger partial charge in [-0.15, -0.1) is 0 Å². The topological polar surface area (TPSA) is 37.3 Å². The largest absolute Gasteiger partial charge is 0.481 e. The first kappa shape index (κ1) is 12.0. The number of carboxylic acid groups (broad SMARTS) is 1. The summed E-state index contributed by atoms with van der Waals surface area (Å²) in [4.78, 5) is 11.1. The Balaban J connectivity index is 2.99. The van der Waals surface area contributed by atoms with Crippen LogP contribution >= 0.6 is 15.9 Å². The van der Waals surface area contributed by atoms with Gasteiger partial charge < -0.3 is 5.11 Å². The quantitative estimate of drug-likeness (QED) is 0.848. The van der Waals surface area contributed by atoms with E-state index in [0.717, 1.165) is 10.0 Å². The van der Waals surface area contributed by atoms with Gasteiger partial charge in [-0.3, -0.25) is 4.79 Å². The number of halogens is 1. The van der Waals surface area contributed by atoms with Gasteiger partial charge in [0.2, 0.25) is 0 Å². The summed E-state index contributed by atoms with van der Waals surface area (Å²) in [6.45, 7) is 1.89.